The van der Waals surface area contributed by atoms with Crippen molar-refractivity contribution >= 4 is 11.9 Å². The Morgan fingerprint density at radius 3 is 2.87 bits per heavy atom. The fourth-order valence-corrected chi connectivity index (χ4v) is 3.83. The lowest BCUT2D eigenvalue weighted by Crippen LogP contribution is -2.46. The molecule has 3 rings (SSSR count). The van der Waals surface area contributed by atoms with Crippen molar-refractivity contribution in [3.63, 3.8) is 0 Å². The van der Waals surface area contributed by atoms with Crippen molar-refractivity contribution in [1.82, 2.24) is 19.7 Å². The van der Waals surface area contributed by atoms with E-state index in [0.717, 1.165) is 44.5 Å². The van der Waals surface area contributed by atoms with Crippen LogP contribution in [0.1, 0.15) is 51.3 Å². The van der Waals surface area contributed by atoms with Crippen LogP contribution in [0.5, 0.6) is 0 Å². The number of carbonyl (C=O) groups is 2. The molecule has 1 saturated heterocycles. The lowest BCUT2D eigenvalue weighted by molar-refractivity contribution is -0.155. The maximum Gasteiger partial charge on any atom is 0.307 e. The van der Waals surface area contributed by atoms with Crippen LogP contribution in [0.15, 0.2) is 6.33 Å². The second-order valence-corrected chi connectivity index (χ2v) is 6.58. The molecular weight excluding hydrogens is 296 g/mol. The minimum atomic E-state index is -0.570. The fourth-order valence-electron chi connectivity index (χ4n) is 3.83. The number of aromatic nitrogens is 3. The van der Waals surface area contributed by atoms with Gasteiger partial charge in [-0.05, 0) is 32.6 Å². The molecule has 1 aromatic heterocycles. The van der Waals surface area contributed by atoms with E-state index in [1.54, 1.807) is 18.3 Å². The van der Waals surface area contributed by atoms with Gasteiger partial charge in [0.1, 0.15) is 11.9 Å². The fraction of sp³-hybridized carbons (Fsp3) is 0.750. The first kappa shape index (κ1) is 16.0. The zero-order chi connectivity index (χ0) is 16.4. The van der Waals surface area contributed by atoms with Gasteiger partial charge in [0.25, 0.3) is 0 Å². The molecule has 7 heteroatoms. The molecule has 0 radical (unpaired) electrons. The van der Waals surface area contributed by atoms with E-state index >= 15 is 0 Å². The Morgan fingerprint density at radius 2 is 2.17 bits per heavy atom. The summed E-state index contributed by atoms with van der Waals surface area (Å²) in [5.74, 6) is 0.128. The Kier molecular flexibility index (Phi) is 4.37. The summed E-state index contributed by atoms with van der Waals surface area (Å²) in [5.41, 5.74) is -0.570. The van der Waals surface area contributed by atoms with E-state index < -0.39 is 5.60 Å². The number of nitrogens with zero attached hydrogens (tertiary/aromatic N) is 4. The number of amides is 1. The number of hydrogen-bond donors (Lipinski definition) is 0. The van der Waals surface area contributed by atoms with Crippen LogP contribution < -0.4 is 0 Å². The number of rotatable bonds is 4. The third kappa shape index (κ3) is 2.96. The molecule has 1 aromatic rings. The molecule has 2 aliphatic rings. The largest absolute Gasteiger partial charge is 0.458 e. The molecule has 1 saturated carbocycles. The molecule has 1 amide bonds. The predicted molar refractivity (Wildman–Crippen MR) is 82.2 cm³/mol. The number of aryl methyl sites for hydroxylation is 1. The Morgan fingerprint density at radius 1 is 1.43 bits per heavy atom. The van der Waals surface area contributed by atoms with Gasteiger partial charge >= 0.3 is 5.97 Å². The molecule has 1 aliphatic heterocycles. The molecule has 1 atom stereocenters. The van der Waals surface area contributed by atoms with Crippen molar-refractivity contribution in [2.24, 2.45) is 5.92 Å². The maximum atomic E-state index is 12.9. The third-order valence-corrected chi connectivity index (χ3v) is 5.11. The van der Waals surface area contributed by atoms with Crippen molar-refractivity contribution in [2.45, 2.75) is 64.1 Å². The van der Waals surface area contributed by atoms with E-state index in [2.05, 4.69) is 10.2 Å². The summed E-state index contributed by atoms with van der Waals surface area (Å²) in [6.07, 6.45) is 6.65. The van der Waals surface area contributed by atoms with Crippen LogP contribution >= 0.6 is 0 Å². The number of hydrogen-bond acceptors (Lipinski definition) is 5. The summed E-state index contributed by atoms with van der Waals surface area (Å²) in [7, 11) is 1.76. The van der Waals surface area contributed by atoms with Gasteiger partial charge < -0.3 is 14.2 Å². The minimum Gasteiger partial charge on any atom is -0.458 e. The SMILES string of the molecule is CCn1cnnc1CN(C)C(=O)[C@H]1CC(=O)OC12CCCCC2. The van der Waals surface area contributed by atoms with Gasteiger partial charge in [-0.3, -0.25) is 9.59 Å². The Bertz CT molecular complexity index is 592. The molecule has 0 N–H and O–H groups in total. The summed E-state index contributed by atoms with van der Waals surface area (Å²) in [4.78, 5) is 26.4. The highest BCUT2D eigenvalue weighted by Crippen LogP contribution is 2.44. The molecule has 0 unspecified atom stereocenters. The van der Waals surface area contributed by atoms with E-state index in [1.165, 1.54) is 0 Å². The molecule has 0 aromatic carbocycles. The summed E-state index contributed by atoms with van der Waals surface area (Å²) in [5, 5.41) is 7.97. The van der Waals surface area contributed by atoms with Gasteiger partial charge in [-0.1, -0.05) is 6.42 Å². The normalized spacial score (nSPS) is 23.0. The van der Waals surface area contributed by atoms with Gasteiger partial charge in [0.05, 0.1) is 18.9 Å². The first-order chi connectivity index (χ1) is 11.1. The highest BCUT2D eigenvalue weighted by Gasteiger charge is 2.53. The van der Waals surface area contributed by atoms with Crippen LogP contribution in [0.4, 0.5) is 0 Å². The first-order valence-electron chi connectivity index (χ1n) is 8.39. The van der Waals surface area contributed by atoms with Gasteiger partial charge in [0, 0.05) is 13.6 Å². The second-order valence-electron chi connectivity index (χ2n) is 6.58. The van der Waals surface area contributed by atoms with E-state index in [0.29, 0.717) is 6.54 Å². The van der Waals surface area contributed by atoms with Gasteiger partial charge in [0.15, 0.2) is 5.82 Å². The van der Waals surface area contributed by atoms with Gasteiger partial charge in [-0.15, -0.1) is 10.2 Å². The smallest absolute Gasteiger partial charge is 0.307 e. The first-order valence-corrected chi connectivity index (χ1v) is 8.39. The molecule has 2 heterocycles. The van der Waals surface area contributed by atoms with Gasteiger partial charge in [0.2, 0.25) is 5.91 Å². The highest BCUT2D eigenvalue weighted by molar-refractivity contribution is 5.87. The van der Waals surface area contributed by atoms with Crippen LogP contribution in [-0.4, -0.2) is 44.2 Å². The van der Waals surface area contributed by atoms with Crippen LogP contribution in [0.2, 0.25) is 0 Å². The van der Waals surface area contributed by atoms with Crippen molar-refractivity contribution in [1.29, 1.82) is 0 Å². The van der Waals surface area contributed by atoms with Crippen LogP contribution in [0.25, 0.3) is 0 Å². The van der Waals surface area contributed by atoms with Crippen molar-refractivity contribution in [3.8, 4) is 0 Å². The molecule has 1 spiro atoms. The third-order valence-electron chi connectivity index (χ3n) is 5.11. The van der Waals surface area contributed by atoms with Gasteiger partial charge in [-0.25, -0.2) is 0 Å². The van der Waals surface area contributed by atoms with Crippen LogP contribution in [0.3, 0.4) is 0 Å². The van der Waals surface area contributed by atoms with Crippen LogP contribution in [0, 0.1) is 5.92 Å². The van der Waals surface area contributed by atoms with E-state index in [1.807, 2.05) is 11.5 Å². The average Bonchev–Trinajstić information content (AvgIpc) is 3.11. The van der Waals surface area contributed by atoms with E-state index in [-0.39, 0.29) is 24.2 Å². The Labute approximate surface area is 136 Å². The predicted octanol–water partition coefficient (Wildman–Crippen LogP) is 1.52. The lowest BCUT2D eigenvalue weighted by Gasteiger charge is -2.37. The maximum absolute atomic E-state index is 12.9. The second kappa shape index (κ2) is 6.29. The summed E-state index contributed by atoms with van der Waals surface area (Å²) in [6.45, 7) is 3.17. The number of esters is 1. The monoisotopic (exact) mass is 320 g/mol. The topological polar surface area (TPSA) is 77.3 Å². The molecule has 126 valence electrons. The van der Waals surface area contributed by atoms with Gasteiger partial charge in [-0.2, -0.15) is 0 Å². The van der Waals surface area contributed by atoms with Crippen molar-refractivity contribution in [3.05, 3.63) is 12.2 Å². The quantitative estimate of drug-likeness (QED) is 0.786. The molecule has 7 nitrogen and oxygen atoms in total. The average molecular weight is 320 g/mol. The highest BCUT2D eigenvalue weighted by atomic mass is 16.6. The summed E-state index contributed by atoms with van der Waals surface area (Å²) in [6, 6.07) is 0. The zero-order valence-corrected chi connectivity index (χ0v) is 13.8. The minimum absolute atomic E-state index is 0.0246. The van der Waals surface area contributed by atoms with Crippen molar-refractivity contribution < 1.29 is 14.3 Å². The molecule has 23 heavy (non-hydrogen) atoms. The van der Waals surface area contributed by atoms with E-state index in [4.69, 9.17) is 4.74 Å². The lowest BCUT2D eigenvalue weighted by atomic mass is 9.75. The summed E-state index contributed by atoms with van der Waals surface area (Å²) < 4.78 is 7.55. The number of carbonyl (C=O) groups excluding carboxylic acids is 2. The Hall–Kier alpha value is -1.92. The van der Waals surface area contributed by atoms with Crippen molar-refractivity contribution in [2.75, 3.05) is 7.05 Å². The zero-order valence-electron chi connectivity index (χ0n) is 13.8. The summed E-state index contributed by atoms with van der Waals surface area (Å²) >= 11 is 0. The molecule has 2 fully saturated rings. The van der Waals surface area contributed by atoms with E-state index in [9.17, 15) is 9.59 Å². The van der Waals surface area contributed by atoms with Crippen LogP contribution in [-0.2, 0) is 27.4 Å². The molecule has 0 bridgehead atoms. The Balaban J connectivity index is 1.74. The number of ether oxygens (including phenoxy) is 1. The molecular formula is C16H24N4O3. The standard InChI is InChI=1S/C16H24N4O3/c1-3-20-11-17-18-13(20)10-19(2)15(22)12-9-14(21)23-16(12)7-5-4-6-8-16/h11-12H,3-10H2,1-2H3/t12-/m1/s1. The molecule has 1 aliphatic carbocycles.